The maximum absolute atomic E-state index is 13.2. The third-order valence-electron chi connectivity index (χ3n) is 13.7. The van der Waals surface area contributed by atoms with Gasteiger partial charge in [-0.1, -0.05) is 109 Å². The first-order chi connectivity index (χ1) is 36.7. The SMILES string of the molecule is CCCCO[C@@H]1C=CC[C@@H](C)OC(=O)c2c(C)cc(C)cc2CC(=N/OCC(=O)N2CCCCC2)/C=C/C1.CCCCO[C@@H]1C=CC[C@@H](C)OC(=O)c2c(C)cc(C)cc2CC(=N\OCC(=O)N2CCCCC2)/C=C/C1. The number of aryl methyl sites for hydroxylation is 4. The molecule has 0 aromatic heterocycles. The quantitative estimate of drug-likeness (QED) is 0.0773. The lowest BCUT2D eigenvalue weighted by atomic mass is 9.94. The standard InChI is InChI=1S/2C31H44N2O5/c2*1-5-6-18-36-28-14-10-12-25(4)38-31(35)30-24(3)19-23(2)20-26(30)21-27(13-11-15-28)32-37-22-29(34)33-16-8-7-9-17-33/h2*10-11,13-14,19-20,25,28H,5-9,12,15-18,21-22H2,1-4H3/b13-11+,14-10?,32-27+;13-11+,14-10?,32-27-/t2*25-,28-/m11/s1. The molecule has 0 aliphatic carbocycles. The molecule has 2 amide bonds. The van der Waals surface area contributed by atoms with Crippen molar-refractivity contribution in [2.24, 2.45) is 10.3 Å². The number of benzene rings is 2. The van der Waals surface area contributed by atoms with Crippen LogP contribution < -0.4 is 0 Å². The summed E-state index contributed by atoms with van der Waals surface area (Å²) < 4.78 is 23.8. The van der Waals surface area contributed by atoms with Crippen molar-refractivity contribution in [3.05, 3.63) is 117 Å². The Morgan fingerprint density at radius 1 is 0.566 bits per heavy atom. The summed E-state index contributed by atoms with van der Waals surface area (Å²) in [7, 11) is 0. The summed E-state index contributed by atoms with van der Waals surface area (Å²) in [5.41, 5.74) is 7.91. The normalized spacial score (nSPS) is 22.9. The van der Waals surface area contributed by atoms with Crippen LogP contribution >= 0.6 is 0 Å². The van der Waals surface area contributed by atoms with Gasteiger partial charge in [-0.15, -0.1) is 0 Å². The second-order valence-electron chi connectivity index (χ2n) is 20.7. The zero-order chi connectivity index (χ0) is 54.7. The molecule has 4 aliphatic heterocycles. The summed E-state index contributed by atoms with van der Waals surface area (Å²) in [6.45, 7) is 20.3. The highest BCUT2D eigenvalue weighted by atomic mass is 16.6. The number of carbonyl (C=O) groups is 4. The predicted octanol–water partition coefficient (Wildman–Crippen LogP) is 11.7. The van der Waals surface area contributed by atoms with E-state index in [-0.39, 0.29) is 61.4 Å². The van der Waals surface area contributed by atoms with Crippen molar-refractivity contribution in [2.45, 2.75) is 183 Å². The number of hydrogen-bond donors (Lipinski definition) is 0. The molecule has 2 saturated heterocycles. The van der Waals surface area contributed by atoms with Crippen LogP contribution in [-0.4, -0.2) is 122 Å². The first-order valence-corrected chi connectivity index (χ1v) is 28.2. The number of cyclic esters (lactones) is 2. The smallest absolute Gasteiger partial charge is 0.338 e. The zero-order valence-corrected chi connectivity index (χ0v) is 47.1. The predicted molar refractivity (Wildman–Crippen MR) is 301 cm³/mol. The third kappa shape index (κ3) is 21.3. The van der Waals surface area contributed by atoms with Crippen molar-refractivity contribution in [1.82, 2.24) is 9.80 Å². The number of oxime groups is 2. The zero-order valence-electron chi connectivity index (χ0n) is 47.1. The molecule has 76 heavy (non-hydrogen) atoms. The van der Waals surface area contributed by atoms with Crippen LogP contribution in [0.5, 0.6) is 0 Å². The molecule has 4 atom stereocenters. The molecule has 0 bridgehead atoms. The summed E-state index contributed by atoms with van der Waals surface area (Å²) in [5.74, 6) is -0.761. The van der Waals surface area contributed by atoms with Gasteiger partial charge in [0, 0.05) is 65.1 Å². The summed E-state index contributed by atoms with van der Waals surface area (Å²) in [4.78, 5) is 66.4. The van der Waals surface area contributed by atoms with Gasteiger partial charge in [0.1, 0.15) is 12.2 Å². The van der Waals surface area contributed by atoms with E-state index in [4.69, 9.17) is 28.6 Å². The van der Waals surface area contributed by atoms with Crippen molar-refractivity contribution in [3.8, 4) is 0 Å². The van der Waals surface area contributed by atoms with E-state index in [1.165, 1.54) is 0 Å². The fourth-order valence-electron chi connectivity index (χ4n) is 9.68. The summed E-state index contributed by atoms with van der Waals surface area (Å²) >= 11 is 0. The van der Waals surface area contributed by atoms with Gasteiger partial charge >= 0.3 is 11.9 Å². The Labute approximate surface area is 454 Å². The van der Waals surface area contributed by atoms with Crippen molar-refractivity contribution in [3.63, 3.8) is 0 Å². The van der Waals surface area contributed by atoms with Crippen LogP contribution in [0.1, 0.15) is 172 Å². The monoisotopic (exact) mass is 1050 g/mol. The molecule has 2 aromatic carbocycles. The van der Waals surface area contributed by atoms with Crippen molar-refractivity contribution in [1.29, 1.82) is 0 Å². The number of nitrogens with zero attached hydrogens (tertiary/aromatic N) is 4. The molecule has 2 aromatic rings. The maximum atomic E-state index is 13.2. The number of carbonyl (C=O) groups excluding carboxylic acids is 4. The minimum Gasteiger partial charge on any atom is -0.459 e. The molecule has 4 aliphatic rings. The van der Waals surface area contributed by atoms with Gasteiger partial charge in [-0.3, -0.25) is 9.59 Å². The number of hydrogen-bond acceptors (Lipinski definition) is 12. The van der Waals surface area contributed by atoms with Crippen LogP contribution in [0.2, 0.25) is 0 Å². The Kier molecular flexibility index (Phi) is 26.8. The maximum Gasteiger partial charge on any atom is 0.338 e. The van der Waals surface area contributed by atoms with Gasteiger partial charge < -0.3 is 38.4 Å². The number of unbranched alkanes of at least 4 members (excludes halogenated alkanes) is 2. The van der Waals surface area contributed by atoms with Gasteiger partial charge in [0.25, 0.3) is 11.8 Å². The van der Waals surface area contributed by atoms with E-state index in [0.29, 0.717) is 74.3 Å². The van der Waals surface area contributed by atoms with E-state index in [0.717, 1.165) is 124 Å². The summed E-state index contributed by atoms with van der Waals surface area (Å²) in [6.07, 6.45) is 29.3. The van der Waals surface area contributed by atoms with Gasteiger partial charge in [-0.25, -0.2) is 9.59 Å². The van der Waals surface area contributed by atoms with E-state index >= 15 is 0 Å². The lowest BCUT2D eigenvalue weighted by Gasteiger charge is -2.26. The molecule has 14 heteroatoms. The van der Waals surface area contributed by atoms with Crippen LogP contribution in [0.15, 0.2) is 83.2 Å². The molecule has 6 rings (SSSR count). The fourth-order valence-corrected chi connectivity index (χ4v) is 9.68. The van der Waals surface area contributed by atoms with Crippen molar-refractivity contribution >= 4 is 35.2 Å². The Morgan fingerprint density at radius 3 is 1.34 bits per heavy atom. The van der Waals surface area contributed by atoms with E-state index in [1.54, 1.807) is 0 Å². The first kappa shape index (κ1) is 61.0. The lowest BCUT2D eigenvalue weighted by molar-refractivity contribution is -0.137. The molecular formula is C62H88N4O10. The molecule has 0 unspecified atom stereocenters. The van der Waals surface area contributed by atoms with Crippen LogP contribution in [-0.2, 0) is 51.1 Å². The minimum atomic E-state index is -0.337. The van der Waals surface area contributed by atoms with E-state index in [9.17, 15) is 19.2 Å². The number of likely N-dealkylation sites (tertiary alicyclic amines) is 2. The van der Waals surface area contributed by atoms with Gasteiger partial charge in [0.2, 0.25) is 0 Å². The highest BCUT2D eigenvalue weighted by molar-refractivity contribution is 6.01. The molecule has 4 heterocycles. The second kappa shape index (κ2) is 33.3. The molecule has 0 radical (unpaired) electrons. The molecule has 14 nitrogen and oxygen atoms in total. The second-order valence-corrected chi connectivity index (χ2v) is 20.7. The van der Waals surface area contributed by atoms with Crippen LogP contribution in [0.4, 0.5) is 0 Å². The van der Waals surface area contributed by atoms with Crippen molar-refractivity contribution in [2.75, 3.05) is 52.6 Å². The van der Waals surface area contributed by atoms with Gasteiger partial charge in [-0.05, 0) is 140 Å². The number of fused-ring (bicyclic) bond motifs is 2. The van der Waals surface area contributed by atoms with Gasteiger partial charge in [0.05, 0.1) is 34.8 Å². The first-order valence-electron chi connectivity index (χ1n) is 28.2. The molecule has 0 N–H and O–H groups in total. The topological polar surface area (TPSA) is 155 Å². The Bertz CT molecular complexity index is 2210. The Hall–Kier alpha value is -5.86. The van der Waals surface area contributed by atoms with Gasteiger partial charge in [-0.2, -0.15) is 0 Å². The average molecular weight is 1050 g/mol. The average Bonchev–Trinajstić information content (AvgIpc) is 3.38. The third-order valence-corrected chi connectivity index (χ3v) is 13.7. The van der Waals surface area contributed by atoms with Crippen LogP contribution in [0, 0.1) is 27.7 Å². The van der Waals surface area contributed by atoms with Crippen LogP contribution in [0.3, 0.4) is 0 Å². The summed E-state index contributed by atoms with van der Waals surface area (Å²) in [5, 5.41) is 8.72. The lowest BCUT2D eigenvalue weighted by Crippen LogP contribution is -2.37. The highest BCUT2D eigenvalue weighted by Crippen LogP contribution is 2.24. The number of rotatable bonds is 14. The molecule has 0 spiro atoms. The number of piperidine rings is 2. The molecule has 0 saturated carbocycles. The van der Waals surface area contributed by atoms with E-state index in [1.807, 2.05) is 124 Å². The minimum absolute atomic E-state index is 0.0434. The van der Waals surface area contributed by atoms with E-state index in [2.05, 4.69) is 24.2 Å². The Morgan fingerprint density at radius 2 is 0.961 bits per heavy atom. The highest BCUT2D eigenvalue weighted by Gasteiger charge is 2.24. The largest absolute Gasteiger partial charge is 0.459 e. The summed E-state index contributed by atoms with van der Waals surface area (Å²) in [6, 6.07) is 7.98. The number of amides is 2. The Balaban J connectivity index is 0.000000281. The van der Waals surface area contributed by atoms with Gasteiger partial charge in [0.15, 0.2) is 13.2 Å². The molecule has 2 fully saturated rings. The van der Waals surface area contributed by atoms with Crippen molar-refractivity contribution < 1.29 is 47.8 Å². The number of esters is 2. The van der Waals surface area contributed by atoms with E-state index < -0.39 is 0 Å². The van der Waals surface area contributed by atoms with Crippen LogP contribution in [0.25, 0.3) is 0 Å². The fraction of sp³-hybridized carbons (Fsp3) is 0.581. The number of allylic oxidation sites excluding steroid dienone is 2. The molecule has 416 valence electrons. The molecular weight excluding hydrogens is 961 g/mol. The number of ether oxygens (including phenoxy) is 4.